The minimum Gasteiger partial charge on any atom is -0.325 e. The molecule has 1 amide bonds. The highest BCUT2D eigenvalue weighted by atomic mass is 32.2. The lowest BCUT2D eigenvalue weighted by molar-refractivity contribution is -0.115. The Morgan fingerprint density at radius 3 is 2.40 bits per heavy atom. The summed E-state index contributed by atoms with van der Waals surface area (Å²) in [4.78, 5) is 23.5. The summed E-state index contributed by atoms with van der Waals surface area (Å²) in [6, 6.07) is 11.4. The first-order chi connectivity index (χ1) is 11.7. The molecule has 0 heterocycles. The number of Topliss-reactive ketones (excluding diaryl/α,β-unsaturated/α-hetero) is 1. The fourth-order valence-corrected chi connectivity index (χ4v) is 3.57. The van der Waals surface area contributed by atoms with Crippen molar-refractivity contribution >= 4 is 27.4 Å². The van der Waals surface area contributed by atoms with Crippen LogP contribution in [0.5, 0.6) is 0 Å². The zero-order valence-electron chi connectivity index (χ0n) is 14.3. The van der Waals surface area contributed by atoms with E-state index >= 15 is 0 Å². The number of nitrogens with one attached hydrogen (secondary N) is 2. The van der Waals surface area contributed by atoms with Crippen LogP contribution < -0.4 is 10.0 Å². The first-order valence-electron chi connectivity index (χ1n) is 7.67. The van der Waals surface area contributed by atoms with Crippen molar-refractivity contribution in [3.05, 3.63) is 59.2 Å². The van der Waals surface area contributed by atoms with Crippen LogP contribution in [-0.2, 0) is 14.8 Å². The highest BCUT2D eigenvalue weighted by molar-refractivity contribution is 7.89. The van der Waals surface area contributed by atoms with Crippen molar-refractivity contribution in [3.8, 4) is 0 Å². The number of amides is 1. The van der Waals surface area contributed by atoms with Crippen molar-refractivity contribution in [2.45, 2.75) is 25.7 Å². The number of carbonyl (C=O) groups excluding carboxylic acids is 2. The van der Waals surface area contributed by atoms with Crippen LogP contribution in [-0.4, -0.2) is 26.7 Å². The Morgan fingerprint density at radius 1 is 1.04 bits per heavy atom. The first-order valence-corrected chi connectivity index (χ1v) is 9.15. The van der Waals surface area contributed by atoms with Crippen LogP contribution in [0.2, 0.25) is 0 Å². The second kappa shape index (κ2) is 7.58. The summed E-state index contributed by atoms with van der Waals surface area (Å²) in [7, 11) is -3.78. The van der Waals surface area contributed by atoms with Gasteiger partial charge in [0, 0.05) is 11.3 Å². The topological polar surface area (TPSA) is 92.3 Å². The average molecular weight is 360 g/mol. The smallest absolute Gasteiger partial charge is 0.241 e. The standard InChI is InChI=1S/C18H20N2O4S/c1-12-7-8-17(13(2)9-12)25(23,24)19-11-18(22)20-16-6-4-5-15(10-16)14(3)21/h4-10,19H,11H2,1-3H3,(H,20,22). The first kappa shape index (κ1) is 18.8. The van der Waals surface area contributed by atoms with E-state index in [1.165, 1.54) is 13.0 Å². The molecule has 0 unspecified atom stereocenters. The zero-order valence-corrected chi connectivity index (χ0v) is 15.1. The van der Waals surface area contributed by atoms with Crippen molar-refractivity contribution in [2.75, 3.05) is 11.9 Å². The number of benzene rings is 2. The molecule has 2 rings (SSSR count). The van der Waals surface area contributed by atoms with E-state index in [4.69, 9.17) is 0 Å². The van der Waals surface area contributed by atoms with Gasteiger partial charge in [0.15, 0.2) is 5.78 Å². The average Bonchev–Trinajstić information content (AvgIpc) is 2.53. The molecular weight excluding hydrogens is 340 g/mol. The van der Waals surface area contributed by atoms with Crippen LogP contribution >= 0.6 is 0 Å². The molecule has 25 heavy (non-hydrogen) atoms. The second-order valence-electron chi connectivity index (χ2n) is 5.78. The SMILES string of the molecule is CC(=O)c1cccc(NC(=O)CNS(=O)(=O)c2ccc(C)cc2C)c1. The van der Waals surface area contributed by atoms with E-state index in [9.17, 15) is 18.0 Å². The third-order valence-electron chi connectivity index (χ3n) is 3.60. The molecule has 2 N–H and O–H groups in total. The molecule has 0 spiro atoms. The van der Waals surface area contributed by atoms with Gasteiger partial charge in [0.2, 0.25) is 15.9 Å². The van der Waals surface area contributed by atoms with Crippen molar-refractivity contribution in [2.24, 2.45) is 0 Å². The van der Waals surface area contributed by atoms with E-state index in [-0.39, 0.29) is 10.7 Å². The molecule has 0 saturated carbocycles. The Balaban J connectivity index is 2.04. The molecule has 0 aliphatic heterocycles. The van der Waals surface area contributed by atoms with E-state index in [1.54, 1.807) is 43.3 Å². The Labute approximate surface area is 147 Å². The largest absolute Gasteiger partial charge is 0.325 e. The fourth-order valence-electron chi connectivity index (χ4n) is 2.36. The molecule has 0 fully saturated rings. The number of rotatable bonds is 6. The number of carbonyl (C=O) groups is 2. The Hall–Kier alpha value is -2.51. The van der Waals surface area contributed by atoms with E-state index in [0.717, 1.165) is 5.56 Å². The maximum Gasteiger partial charge on any atom is 0.241 e. The lowest BCUT2D eigenvalue weighted by atomic mass is 10.1. The molecule has 0 aliphatic rings. The van der Waals surface area contributed by atoms with Crippen molar-refractivity contribution in [1.29, 1.82) is 0 Å². The Kier molecular flexibility index (Phi) is 5.71. The maximum absolute atomic E-state index is 12.3. The Bertz CT molecular complexity index is 920. The molecule has 6 nitrogen and oxygen atoms in total. The van der Waals surface area contributed by atoms with Crippen LogP contribution in [0.4, 0.5) is 5.69 Å². The number of sulfonamides is 1. The summed E-state index contributed by atoms with van der Waals surface area (Å²) in [5.74, 6) is -0.638. The van der Waals surface area contributed by atoms with Crippen LogP contribution in [0.1, 0.15) is 28.4 Å². The van der Waals surface area contributed by atoms with Gasteiger partial charge in [0.25, 0.3) is 0 Å². The third kappa shape index (κ3) is 4.98. The molecule has 0 atom stereocenters. The molecule has 2 aromatic rings. The summed E-state index contributed by atoms with van der Waals surface area (Å²) in [6.45, 7) is 4.60. The molecule has 0 aromatic heterocycles. The highest BCUT2D eigenvalue weighted by Gasteiger charge is 2.18. The molecular formula is C18H20N2O4S. The van der Waals surface area contributed by atoms with Gasteiger partial charge in [0.1, 0.15) is 0 Å². The van der Waals surface area contributed by atoms with Gasteiger partial charge in [-0.15, -0.1) is 0 Å². The van der Waals surface area contributed by atoms with Crippen LogP contribution in [0.25, 0.3) is 0 Å². The number of hydrogen-bond donors (Lipinski definition) is 2. The van der Waals surface area contributed by atoms with Gasteiger partial charge in [-0.05, 0) is 44.5 Å². The van der Waals surface area contributed by atoms with Gasteiger partial charge in [-0.1, -0.05) is 29.8 Å². The molecule has 2 aromatic carbocycles. The maximum atomic E-state index is 12.3. The quantitative estimate of drug-likeness (QED) is 0.774. The van der Waals surface area contributed by atoms with Gasteiger partial charge in [-0.25, -0.2) is 13.1 Å². The number of anilines is 1. The van der Waals surface area contributed by atoms with Crippen LogP contribution in [0.3, 0.4) is 0 Å². The van der Waals surface area contributed by atoms with Gasteiger partial charge in [0.05, 0.1) is 11.4 Å². The summed E-state index contributed by atoms with van der Waals surface area (Å²) < 4.78 is 26.9. The summed E-state index contributed by atoms with van der Waals surface area (Å²) in [6.07, 6.45) is 0. The number of hydrogen-bond acceptors (Lipinski definition) is 4. The number of aryl methyl sites for hydroxylation is 2. The normalized spacial score (nSPS) is 11.2. The predicted octanol–water partition coefficient (Wildman–Crippen LogP) is 2.42. The fraction of sp³-hybridized carbons (Fsp3) is 0.222. The lowest BCUT2D eigenvalue weighted by Crippen LogP contribution is -2.33. The molecule has 0 radical (unpaired) electrons. The molecule has 0 saturated heterocycles. The van der Waals surface area contributed by atoms with Gasteiger partial charge < -0.3 is 5.32 Å². The van der Waals surface area contributed by atoms with E-state index in [2.05, 4.69) is 10.0 Å². The highest BCUT2D eigenvalue weighted by Crippen LogP contribution is 2.16. The van der Waals surface area contributed by atoms with Crippen molar-refractivity contribution in [3.63, 3.8) is 0 Å². The minimum absolute atomic E-state index is 0.119. The molecule has 132 valence electrons. The van der Waals surface area contributed by atoms with E-state index in [1.807, 2.05) is 6.92 Å². The summed E-state index contributed by atoms with van der Waals surface area (Å²) in [5.41, 5.74) is 2.47. The lowest BCUT2D eigenvalue weighted by Gasteiger charge is -2.10. The summed E-state index contributed by atoms with van der Waals surface area (Å²) >= 11 is 0. The van der Waals surface area contributed by atoms with Crippen LogP contribution in [0, 0.1) is 13.8 Å². The predicted molar refractivity (Wildman–Crippen MR) is 96.2 cm³/mol. The van der Waals surface area contributed by atoms with Crippen molar-refractivity contribution in [1.82, 2.24) is 4.72 Å². The Morgan fingerprint density at radius 2 is 1.76 bits per heavy atom. The monoisotopic (exact) mass is 360 g/mol. The zero-order chi connectivity index (χ0) is 18.6. The number of ketones is 1. The summed E-state index contributed by atoms with van der Waals surface area (Å²) in [5, 5.41) is 2.57. The third-order valence-corrected chi connectivity index (χ3v) is 5.16. The van der Waals surface area contributed by atoms with E-state index in [0.29, 0.717) is 16.8 Å². The second-order valence-corrected chi connectivity index (χ2v) is 7.51. The van der Waals surface area contributed by atoms with Gasteiger partial charge in [-0.2, -0.15) is 0 Å². The van der Waals surface area contributed by atoms with Gasteiger partial charge in [-0.3, -0.25) is 9.59 Å². The minimum atomic E-state index is -3.78. The van der Waals surface area contributed by atoms with E-state index < -0.39 is 22.5 Å². The van der Waals surface area contributed by atoms with Gasteiger partial charge >= 0.3 is 0 Å². The molecule has 0 aliphatic carbocycles. The molecule has 7 heteroatoms. The van der Waals surface area contributed by atoms with Crippen molar-refractivity contribution < 1.29 is 18.0 Å². The van der Waals surface area contributed by atoms with Crippen LogP contribution in [0.15, 0.2) is 47.4 Å². The molecule has 0 bridgehead atoms.